The van der Waals surface area contributed by atoms with Gasteiger partial charge in [0.25, 0.3) is 0 Å². The fraction of sp³-hybridized carbons (Fsp3) is 0.300. The summed E-state index contributed by atoms with van der Waals surface area (Å²) in [6.07, 6.45) is 0.556. The lowest BCUT2D eigenvalue weighted by molar-refractivity contribution is 0.112. The molecular weight excluding hydrogens is 184 g/mol. The molecule has 0 aliphatic rings. The van der Waals surface area contributed by atoms with Gasteiger partial charge >= 0.3 is 0 Å². The van der Waals surface area contributed by atoms with Crippen LogP contribution in [0.15, 0.2) is 12.1 Å². The molecule has 14 heavy (non-hydrogen) atoms. The molecule has 0 heterocycles. The average Bonchev–Trinajstić information content (AvgIpc) is 2.20. The van der Waals surface area contributed by atoms with Gasteiger partial charge in [-0.1, -0.05) is 0 Å². The Bertz CT molecular complexity index is 333. The van der Waals surface area contributed by atoms with Crippen LogP contribution in [0.4, 0.5) is 0 Å². The van der Waals surface area contributed by atoms with Crippen LogP contribution in [0.25, 0.3) is 0 Å². The number of aromatic hydroxyl groups is 1. The number of rotatable bonds is 4. The van der Waals surface area contributed by atoms with Crippen LogP contribution in [0.3, 0.4) is 0 Å². The summed E-state index contributed by atoms with van der Waals surface area (Å²) < 4.78 is 10.1. The van der Waals surface area contributed by atoms with Crippen molar-refractivity contribution in [2.45, 2.75) is 6.92 Å². The Labute approximate surface area is 82.1 Å². The molecule has 76 valence electrons. The van der Waals surface area contributed by atoms with Crippen LogP contribution in [-0.4, -0.2) is 25.1 Å². The number of hydrogen-bond donors (Lipinski definition) is 1. The number of benzene rings is 1. The number of aldehydes is 1. The predicted octanol–water partition coefficient (Wildman–Crippen LogP) is 1.61. The van der Waals surface area contributed by atoms with E-state index in [0.29, 0.717) is 18.6 Å². The van der Waals surface area contributed by atoms with Crippen molar-refractivity contribution < 1.29 is 19.4 Å². The molecule has 0 aromatic heterocycles. The minimum Gasteiger partial charge on any atom is -0.504 e. The van der Waals surface area contributed by atoms with Crippen molar-refractivity contribution in [2.75, 3.05) is 13.7 Å². The molecule has 0 aliphatic heterocycles. The zero-order valence-corrected chi connectivity index (χ0v) is 8.11. The van der Waals surface area contributed by atoms with Crippen molar-refractivity contribution in [3.05, 3.63) is 17.7 Å². The molecule has 0 saturated heterocycles. The van der Waals surface area contributed by atoms with Crippen molar-refractivity contribution in [3.63, 3.8) is 0 Å². The van der Waals surface area contributed by atoms with E-state index in [4.69, 9.17) is 9.47 Å². The number of phenols is 1. The van der Waals surface area contributed by atoms with Gasteiger partial charge in [-0.2, -0.15) is 0 Å². The molecule has 0 unspecified atom stereocenters. The van der Waals surface area contributed by atoms with Gasteiger partial charge in [0.1, 0.15) is 5.75 Å². The van der Waals surface area contributed by atoms with E-state index >= 15 is 0 Å². The second-order valence-corrected chi connectivity index (χ2v) is 2.61. The van der Waals surface area contributed by atoms with Gasteiger partial charge in [0, 0.05) is 6.07 Å². The van der Waals surface area contributed by atoms with Gasteiger partial charge in [0.2, 0.25) is 0 Å². The van der Waals surface area contributed by atoms with E-state index < -0.39 is 0 Å². The van der Waals surface area contributed by atoms with Gasteiger partial charge < -0.3 is 14.6 Å². The number of methoxy groups -OCH3 is 1. The predicted molar refractivity (Wildman–Crippen MR) is 51.2 cm³/mol. The number of hydrogen-bond acceptors (Lipinski definition) is 4. The maximum absolute atomic E-state index is 10.6. The minimum absolute atomic E-state index is 0.160. The molecule has 4 heteroatoms. The molecule has 0 bridgehead atoms. The van der Waals surface area contributed by atoms with Crippen LogP contribution in [0.2, 0.25) is 0 Å². The van der Waals surface area contributed by atoms with Crippen molar-refractivity contribution in [3.8, 4) is 17.2 Å². The van der Waals surface area contributed by atoms with Gasteiger partial charge in [0.15, 0.2) is 17.8 Å². The summed E-state index contributed by atoms with van der Waals surface area (Å²) in [4.78, 5) is 10.6. The van der Waals surface area contributed by atoms with Crippen LogP contribution in [-0.2, 0) is 0 Å². The lowest BCUT2D eigenvalue weighted by atomic mass is 10.2. The molecule has 0 fully saturated rings. The van der Waals surface area contributed by atoms with E-state index in [-0.39, 0.29) is 17.1 Å². The first-order chi connectivity index (χ1) is 6.72. The van der Waals surface area contributed by atoms with E-state index in [9.17, 15) is 9.90 Å². The van der Waals surface area contributed by atoms with Crippen LogP contribution in [0.1, 0.15) is 17.3 Å². The Morgan fingerprint density at radius 1 is 1.50 bits per heavy atom. The normalized spacial score (nSPS) is 9.57. The number of carbonyl (C=O) groups is 1. The summed E-state index contributed by atoms with van der Waals surface area (Å²) in [6.45, 7) is 2.33. The topological polar surface area (TPSA) is 55.8 Å². The average molecular weight is 196 g/mol. The van der Waals surface area contributed by atoms with Crippen molar-refractivity contribution in [2.24, 2.45) is 0 Å². The van der Waals surface area contributed by atoms with Crippen LogP contribution in [0, 0.1) is 0 Å². The Kier molecular flexibility index (Phi) is 3.34. The third-order valence-corrected chi connectivity index (χ3v) is 1.74. The standard InChI is InChI=1S/C10H12O4/c1-3-14-8-4-7(6-11)10(12)9(5-8)13-2/h4-6,12H,3H2,1-2H3. The molecule has 0 spiro atoms. The van der Waals surface area contributed by atoms with Gasteiger partial charge in [-0.3, -0.25) is 4.79 Å². The maximum Gasteiger partial charge on any atom is 0.168 e. The third-order valence-electron chi connectivity index (χ3n) is 1.74. The second-order valence-electron chi connectivity index (χ2n) is 2.61. The monoisotopic (exact) mass is 196 g/mol. The molecular formula is C10H12O4. The minimum atomic E-state index is -0.161. The first-order valence-corrected chi connectivity index (χ1v) is 4.21. The molecule has 0 atom stereocenters. The van der Waals surface area contributed by atoms with Crippen LogP contribution >= 0.6 is 0 Å². The number of carbonyl (C=O) groups excluding carboxylic acids is 1. The second kappa shape index (κ2) is 4.50. The SMILES string of the molecule is CCOc1cc(C=O)c(O)c(OC)c1. The smallest absolute Gasteiger partial charge is 0.168 e. The van der Waals surface area contributed by atoms with Crippen LogP contribution in [0.5, 0.6) is 17.2 Å². The van der Waals surface area contributed by atoms with Crippen LogP contribution < -0.4 is 9.47 Å². The summed E-state index contributed by atoms with van der Waals surface area (Å²) >= 11 is 0. The molecule has 0 saturated carbocycles. The van der Waals surface area contributed by atoms with E-state index in [1.54, 1.807) is 0 Å². The first kappa shape index (κ1) is 10.4. The van der Waals surface area contributed by atoms with Crippen molar-refractivity contribution in [1.29, 1.82) is 0 Å². The number of phenolic OH excluding ortho intramolecular Hbond substituents is 1. The summed E-state index contributed by atoms with van der Waals surface area (Å²) in [7, 11) is 1.42. The molecule has 1 aromatic rings. The molecule has 1 rings (SSSR count). The third kappa shape index (κ3) is 1.96. The lowest BCUT2D eigenvalue weighted by Gasteiger charge is -2.09. The van der Waals surface area contributed by atoms with Gasteiger partial charge in [-0.25, -0.2) is 0 Å². The zero-order valence-electron chi connectivity index (χ0n) is 8.11. The van der Waals surface area contributed by atoms with Gasteiger partial charge in [-0.05, 0) is 13.0 Å². The summed E-state index contributed by atoms with van der Waals surface area (Å²) in [5.41, 5.74) is 0.160. The molecule has 0 amide bonds. The Morgan fingerprint density at radius 3 is 2.71 bits per heavy atom. The van der Waals surface area contributed by atoms with Gasteiger partial charge in [-0.15, -0.1) is 0 Å². The highest BCUT2D eigenvalue weighted by molar-refractivity contribution is 5.82. The first-order valence-electron chi connectivity index (χ1n) is 4.21. The summed E-state index contributed by atoms with van der Waals surface area (Å²) in [5.74, 6) is 0.577. The molecule has 1 N–H and O–H groups in total. The van der Waals surface area contributed by atoms with E-state index in [0.717, 1.165) is 0 Å². The largest absolute Gasteiger partial charge is 0.504 e. The Balaban J connectivity index is 3.17. The molecule has 4 nitrogen and oxygen atoms in total. The number of ether oxygens (including phenoxy) is 2. The van der Waals surface area contributed by atoms with Crippen molar-refractivity contribution in [1.82, 2.24) is 0 Å². The highest BCUT2D eigenvalue weighted by Crippen LogP contribution is 2.33. The van der Waals surface area contributed by atoms with E-state index in [1.807, 2.05) is 6.92 Å². The van der Waals surface area contributed by atoms with Crippen molar-refractivity contribution >= 4 is 6.29 Å². The molecule has 1 aromatic carbocycles. The Morgan fingerprint density at radius 2 is 2.21 bits per heavy atom. The van der Waals surface area contributed by atoms with Gasteiger partial charge in [0.05, 0.1) is 19.3 Å². The zero-order chi connectivity index (χ0) is 10.6. The fourth-order valence-electron chi connectivity index (χ4n) is 1.10. The quantitative estimate of drug-likeness (QED) is 0.743. The van der Waals surface area contributed by atoms with E-state index in [1.165, 1.54) is 19.2 Å². The molecule has 0 radical (unpaired) electrons. The Hall–Kier alpha value is -1.71. The lowest BCUT2D eigenvalue weighted by Crippen LogP contribution is -1.95. The fourth-order valence-corrected chi connectivity index (χ4v) is 1.10. The summed E-state index contributed by atoms with van der Waals surface area (Å²) in [6, 6.07) is 3.00. The maximum atomic E-state index is 10.6. The highest BCUT2D eigenvalue weighted by Gasteiger charge is 2.10. The highest BCUT2D eigenvalue weighted by atomic mass is 16.5. The molecule has 0 aliphatic carbocycles. The summed E-state index contributed by atoms with van der Waals surface area (Å²) in [5, 5.41) is 9.47. The van der Waals surface area contributed by atoms with E-state index in [2.05, 4.69) is 0 Å².